The van der Waals surface area contributed by atoms with Gasteiger partial charge < -0.3 is 19.7 Å². The van der Waals surface area contributed by atoms with Gasteiger partial charge in [0, 0.05) is 49.5 Å². The van der Waals surface area contributed by atoms with Crippen LogP contribution in [0, 0.1) is 0 Å². The number of aromatic amines is 1. The molecule has 0 atom stereocenters. The molecule has 140 valence electrons. The average molecular weight is 358 g/mol. The highest BCUT2D eigenvalue weighted by Gasteiger charge is 2.41. The van der Waals surface area contributed by atoms with Crippen molar-refractivity contribution in [2.75, 3.05) is 19.7 Å². The van der Waals surface area contributed by atoms with E-state index in [0.29, 0.717) is 19.5 Å². The van der Waals surface area contributed by atoms with Crippen LogP contribution in [0.5, 0.6) is 0 Å². The second-order valence-electron chi connectivity index (χ2n) is 6.85. The molecule has 1 aromatic carbocycles. The summed E-state index contributed by atoms with van der Waals surface area (Å²) in [6.45, 7) is 2.74. The second kappa shape index (κ2) is 7.91. The van der Waals surface area contributed by atoms with Crippen LogP contribution in [0.2, 0.25) is 0 Å². The molecule has 2 heterocycles. The zero-order valence-corrected chi connectivity index (χ0v) is 15.2. The molecule has 0 radical (unpaired) electrons. The third-order valence-corrected chi connectivity index (χ3v) is 5.11. The molecule has 1 saturated heterocycles. The molecule has 6 heteroatoms. The summed E-state index contributed by atoms with van der Waals surface area (Å²) in [7, 11) is 0. The molecule has 1 fully saturated rings. The van der Waals surface area contributed by atoms with E-state index < -0.39 is 11.6 Å². The molecule has 1 aliphatic rings. The Bertz CT molecular complexity index is 775. The number of carbonyl (C=O) groups excluding carboxylic acids is 2. The Balaban J connectivity index is 1.47. The largest absolute Gasteiger partial charge is 0.464 e. The van der Waals surface area contributed by atoms with E-state index in [4.69, 9.17) is 4.74 Å². The number of aliphatic hydroxyl groups is 1. The van der Waals surface area contributed by atoms with Crippen molar-refractivity contribution in [3.8, 4) is 0 Å². The molecule has 2 aromatic rings. The number of H-pyrrole nitrogens is 1. The summed E-state index contributed by atoms with van der Waals surface area (Å²) < 4.78 is 4.93. The van der Waals surface area contributed by atoms with Gasteiger partial charge in [0.2, 0.25) is 5.91 Å². The minimum atomic E-state index is -1.45. The van der Waals surface area contributed by atoms with Gasteiger partial charge in [0.25, 0.3) is 0 Å². The third-order valence-electron chi connectivity index (χ3n) is 5.11. The predicted molar refractivity (Wildman–Crippen MR) is 98.6 cm³/mol. The van der Waals surface area contributed by atoms with Crippen LogP contribution in [-0.2, 0) is 20.7 Å². The second-order valence-corrected chi connectivity index (χ2v) is 6.85. The third kappa shape index (κ3) is 3.90. The van der Waals surface area contributed by atoms with Crippen molar-refractivity contribution in [2.24, 2.45) is 0 Å². The maximum absolute atomic E-state index is 12.4. The number of nitrogens with zero attached hydrogens (tertiary/aromatic N) is 1. The van der Waals surface area contributed by atoms with E-state index in [2.05, 4.69) is 11.1 Å². The maximum atomic E-state index is 12.4. The number of carbonyl (C=O) groups is 2. The van der Waals surface area contributed by atoms with Crippen molar-refractivity contribution in [3.05, 3.63) is 36.0 Å². The summed E-state index contributed by atoms with van der Waals surface area (Å²) in [5, 5.41) is 11.6. The van der Waals surface area contributed by atoms with Gasteiger partial charge in [-0.1, -0.05) is 18.2 Å². The fourth-order valence-corrected chi connectivity index (χ4v) is 3.52. The van der Waals surface area contributed by atoms with Crippen molar-refractivity contribution >= 4 is 22.8 Å². The highest BCUT2D eigenvalue weighted by atomic mass is 16.5. The summed E-state index contributed by atoms with van der Waals surface area (Å²) in [6.07, 6.45) is 4.57. The number of aryl methyl sites for hydroxylation is 1. The molecule has 0 bridgehead atoms. The Hall–Kier alpha value is -2.34. The van der Waals surface area contributed by atoms with Crippen LogP contribution in [-0.4, -0.2) is 52.2 Å². The number of aromatic nitrogens is 1. The number of rotatable bonds is 6. The van der Waals surface area contributed by atoms with Crippen molar-refractivity contribution in [3.63, 3.8) is 0 Å². The molecule has 0 unspecified atom stereocenters. The van der Waals surface area contributed by atoms with Gasteiger partial charge in [-0.15, -0.1) is 0 Å². The van der Waals surface area contributed by atoms with E-state index in [1.54, 1.807) is 11.8 Å². The van der Waals surface area contributed by atoms with Crippen molar-refractivity contribution in [1.82, 2.24) is 9.88 Å². The van der Waals surface area contributed by atoms with Crippen molar-refractivity contribution in [1.29, 1.82) is 0 Å². The molecule has 3 rings (SSSR count). The molecule has 0 saturated carbocycles. The Labute approximate surface area is 153 Å². The van der Waals surface area contributed by atoms with E-state index in [-0.39, 0.29) is 25.4 Å². The van der Waals surface area contributed by atoms with Crippen LogP contribution in [0.3, 0.4) is 0 Å². The summed E-state index contributed by atoms with van der Waals surface area (Å²) in [6, 6.07) is 8.15. The van der Waals surface area contributed by atoms with E-state index in [0.717, 1.165) is 18.4 Å². The first-order valence-corrected chi connectivity index (χ1v) is 9.26. The van der Waals surface area contributed by atoms with Gasteiger partial charge in [0.15, 0.2) is 5.60 Å². The lowest BCUT2D eigenvalue weighted by Crippen LogP contribution is -2.51. The van der Waals surface area contributed by atoms with Crippen LogP contribution in [0.25, 0.3) is 10.9 Å². The molecule has 0 aliphatic carbocycles. The highest BCUT2D eigenvalue weighted by molar-refractivity contribution is 5.83. The summed E-state index contributed by atoms with van der Waals surface area (Å²) in [5.74, 6) is -0.498. The number of hydrogen-bond acceptors (Lipinski definition) is 4. The number of benzene rings is 1. The van der Waals surface area contributed by atoms with E-state index in [1.807, 2.05) is 24.4 Å². The average Bonchev–Trinajstić information content (AvgIpc) is 3.06. The van der Waals surface area contributed by atoms with Crippen LogP contribution < -0.4 is 0 Å². The number of ether oxygens (including phenoxy) is 1. The van der Waals surface area contributed by atoms with Gasteiger partial charge in [-0.25, -0.2) is 4.79 Å². The zero-order chi connectivity index (χ0) is 18.6. The normalized spacial score (nSPS) is 16.6. The first-order chi connectivity index (χ1) is 12.5. The Morgan fingerprint density at radius 3 is 2.73 bits per heavy atom. The summed E-state index contributed by atoms with van der Waals surface area (Å²) in [5.41, 5.74) is 0.892. The molecule has 1 amide bonds. The standard InChI is InChI=1S/C20H26N2O4/c1-2-26-19(24)20(25)10-12-22(13-11-20)18(23)9-5-6-15-14-21-17-8-4-3-7-16(15)17/h3-4,7-8,14,21,25H,2,5-6,9-13H2,1H3. The van der Waals surface area contributed by atoms with Crippen molar-refractivity contribution < 1.29 is 19.4 Å². The van der Waals surface area contributed by atoms with E-state index in [1.165, 1.54) is 10.9 Å². The topological polar surface area (TPSA) is 82.6 Å². The van der Waals surface area contributed by atoms with Gasteiger partial charge in [-0.05, 0) is 31.4 Å². The van der Waals surface area contributed by atoms with Crippen molar-refractivity contribution in [2.45, 2.75) is 44.6 Å². The monoisotopic (exact) mass is 358 g/mol. The SMILES string of the molecule is CCOC(=O)C1(O)CCN(C(=O)CCCc2c[nH]c3ccccc23)CC1. The van der Waals surface area contributed by atoms with Crippen LogP contribution in [0.1, 0.15) is 38.2 Å². The maximum Gasteiger partial charge on any atom is 0.338 e. The molecule has 6 nitrogen and oxygen atoms in total. The fraction of sp³-hybridized carbons (Fsp3) is 0.500. The number of hydrogen-bond donors (Lipinski definition) is 2. The summed E-state index contributed by atoms with van der Waals surface area (Å²) >= 11 is 0. The molecule has 1 aromatic heterocycles. The van der Waals surface area contributed by atoms with Gasteiger partial charge in [0.05, 0.1) is 6.61 Å². The number of nitrogens with one attached hydrogen (secondary N) is 1. The molecule has 0 spiro atoms. The zero-order valence-electron chi connectivity index (χ0n) is 15.2. The van der Waals surface area contributed by atoms with Crippen LogP contribution in [0.15, 0.2) is 30.5 Å². The number of amides is 1. The first-order valence-electron chi connectivity index (χ1n) is 9.26. The molecular formula is C20H26N2O4. The Morgan fingerprint density at radius 1 is 1.27 bits per heavy atom. The lowest BCUT2D eigenvalue weighted by Gasteiger charge is -2.36. The van der Waals surface area contributed by atoms with Crippen LogP contribution in [0.4, 0.5) is 0 Å². The number of para-hydroxylation sites is 1. The van der Waals surface area contributed by atoms with E-state index in [9.17, 15) is 14.7 Å². The van der Waals surface area contributed by atoms with Crippen LogP contribution >= 0.6 is 0 Å². The quantitative estimate of drug-likeness (QED) is 0.777. The smallest absolute Gasteiger partial charge is 0.338 e. The molecular weight excluding hydrogens is 332 g/mol. The Morgan fingerprint density at radius 2 is 2.00 bits per heavy atom. The molecule has 26 heavy (non-hydrogen) atoms. The van der Waals surface area contributed by atoms with Gasteiger partial charge in [-0.2, -0.15) is 0 Å². The van der Waals surface area contributed by atoms with Gasteiger partial charge in [-0.3, -0.25) is 4.79 Å². The lowest BCUT2D eigenvalue weighted by atomic mass is 9.91. The highest BCUT2D eigenvalue weighted by Crippen LogP contribution is 2.25. The molecule has 2 N–H and O–H groups in total. The van der Waals surface area contributed by atoms with Gasteiger partial charge >= 0.3 is 5.97 Å². The Kier molecular flexibility index (Phi) is 5.61. The lowest BCUT2D eigenvalue weighted by molar-refractivity contribution is -0.171. The minimum absolute atomic E-state index is 0.0794. The minimum Gasteiger partial charge on any atom is -0.464 e. The number of fused-ring (bicyclic) bond motifs is 1. The summed E-state index contributed by atoms with van der Waals surface area (Å²) in [4.78, 5) is 29.2. The number of piperidine rings is 1. The predicted octanol–water partition coefficient (Wildman–Crippen LogP) is 2.41. The number of esters is 1. The van der Waals surface area contributed by atoms with E-state index >= 15 is 0 Å². The molecule has 1 aliphatic heterocycles. The number of likely N-dealkylation sites (tertiary alicyclic amines) is 1. The first kappa shape index (κ1) is 18.5. The fourth-order valence-electron chi connectivity index (χ4n) is 3.52. The van der Waals surface area contributed by atoms with Gasteiger partial charge in [0.1, 0.15) is 0 Å².